The van der Waals surface area contributed by atoms with E-state index >= 15 is 0 Å². The van der Waals surface area contributed by atoms with Crippen molar-refractivity contribution in [1.82, 2.24) is 0 Å². The van der Waals surface area contributed by atoms with Crippen LogP contribution < -0.4 is 0 Å². The number of alkyl halides is 1. The van der Waals surface area contributed by atoms with E-state index in [1.54, 1.807) is 0 Å². The molecule has 0 heterocycles. The maximum absolute atomic E-state index is 6.13. The van der Waals surface area contributed by atoms with Crippen molar-refractivity contribution in [2.24, 2.45) is 11.8 Å². The first-order valence-electron chi connectivity index (χ1n) is 6.68. The van der Waals surface area contributed by atoms with Gasteiger partial charge < -0.3 is 4.74 Å². The maximum Gasteiger partial charge on any atom is 0.0926 e. The van der Waals surface area contributed by atoms with Crippen molar-refractivity contribution in [3.63, 3.8) is 0 Å². The van der Waals surface area contributed by atoms with Crippen LogP contribution >= 0.6 is 22.6 Å². The predicted molar refractivity (Wildman–Crippen MR) is 86.0 cm³/mol. The molecule has 0 amide bonds. The largest absolute Gasteiger partial charge is 0.370 e. The van der Waals surface area contributed by atoms with E-state index in [4.69, 9.17) is 4.74 Å². The number of hydrogen-bond donors (Lipinski definition) is 0. The van der Waals surface area contributed by atoms with Gasteiger partial charge in [0.15, 0.2) is 0 Å². The maximum atomic E-state index is 6.13. The third-order valence-corrected chi connectivity index (χ3v) is 4.43. The van der Waals surface area contributed by atoms with Crippen LogP contribution in [0.1, 0.15) is 25.8 Å². The molecule has 0 spiro atoms. The number of hydrogen-bond acceptors (Lipinski definition) is 1. The molecule has 1 saturated carbocycles. The van der Waals surface area contributed by atoms with Crippen LogP contribution in [0.25, 0.3) is 6.08 Å². The van der Waals surface area contributed by atoms with Crippen molar-refractivity contribution in [2.75, 3.05) is 11.0 Å². The Bertz CT molecular complexity index is 401. The molecule has 98 valence electrons. The van der Waals surface area contributed by atoms with Crippen LogP contribution in [0.3, 0.4) is 0 Å². The van der Waals surface area contributed by atoms with Gasteiger partial charge in [0, 0.05) is 4.43 Å². The molecule has 2 rings (SSSR count). The summed E-state index contributed by atoms with van der Waals surface area (Å²) < 4.78 is 7.19. The van der Waals surface area contributed by atoms with E-state index in [-0.39, 0.29) is 5.60 Å². The molecule has 0 radical (unpaired) electrons. The normalized spacial score (nSPS) is 30.8. The second kappa shape index (κ2) is 6.20. The molecule has 1 aliphatic rings. The quantitative estimate of drug-likeness (QED) is 0.536. The monoisotopic (exact) mass is 356 g/mol. The van der Waals surface area contributed by atoms with E-state index in [2.05, 4.69) is 72.9 Å². The predicted octanol–water partition coefficient (Wildman–Crippen LogP) is 4.57. The summed E-state index contributed by atoms with van der Waals surface area (Å²) in [6, 6.07) is 10.5. The van der Waals surface area contributed by atoms with Gasteiger partial charge >= 0.3 is 0 Å². The number of benzene rings is 1. The molecule has 0 aliphatic heterocycles. The molecule has 1 fully saturated rings. The van der Waals surface area contributed by atoms with E-state index in [0.717, 1.165) is 11.0 Å². The summed E-state index contributed by atoms with van der Waals surface area (Å²) in [5, 5.41) is 0. The summed E-state index contributed by atoms with van der Waals surface area (Å²) in [5.41, 5.74) is 1.25. The van der Waals surface area contributed by atoms with Crippen LogP contribution in [0.2, 0.25) is 0 Å². The highest BCUT2D eigenvalue weighted by Gasteiger charge is 2.60. The van der Waals surface area contributed by atoms with Gasteiger partial charge in [-0.25, -0.2) is 0 Å². The Hall–Kier alpha value is -0.350. The number of ether oxygens (including phenoxy) is 1. The lowest BCUT2D eigenvalue weighted by Crippen LogP contribution is -2.17. The third kappa shape index (κ3) is 2.80. The van der Waals surface area contributed by atoms with E-state index in [9.17, 15) is 0 Å². The minimum Gasteiger partial charge on any atom is -0.370 e. The average molecular weight is 356 g/mol. The second-order valence-electron chi connectivity index (χ2n) is 4.94. The summed E-state index contributed by atoms with van der Waals surface area (Å²) in [5.74, 6) is 1.32. The lowest BCUT2D eigenvalue weighted by molar-refractivity contribution is 0.0603. The fourth-order valence-electron chi connectivity index (χ4n) is 2.89. The molecule has 0 unspecified atom stereocenters. The molecular weight excluding hydrogens is 335 g/mol. The highest BCUT2D eigenvalue weighted by atomic mass is 127. The molecular formula is C16H21IO. The van der Waals surface area contributed by atoms with E-state index in [1.165, 1.54) is 12.0 Å². The molecule has 1 aromatic rings. The van der Waals surface area contributed by atoms with Gasteiger partial charge in [-0.05, 0) is 23.8 Å². The molecule has 1 aromatic carbocycles. The van der Waals surface area contributed by atoms with Gasteiger partial charge in [-0.15, -0.1) is 0 Å². The number of rotatable bonds is 6. The molecule has 1 nitrogen and oxygen atoms in total. The number of halogens is 1. The summed E-state index contributed by atoms with van der Waals surface area (Å²) in [7, 11) is 0. The molecule has 18 heavy (non-hydrogen) atoms. The van der Waals surface area contributed by atoms with Gasteiger partial charge in [-0.1, -0.05) is 78.9 Å². The Morgan fingerprint density at radius 2 is 2.06 bits per heavy atom. The molecule has 2 heteroatoms. The first-order valence-corrected chi connectivity index (χ1v) is 8.21. The molecule has 0 N–H and O–H groups in total. The highest BCUT2D eigenvalue weighted by Crippen LogP contribution is 2.56. The summed E-state index contributed by atoms with van der Waals surface area (Å²) in [6.45, 7) is 5.41. The van der Waals surface area contributed by atoms with Gasteiger partial charge in [0.1, 0.15) is 0 Å². The Labute approximate surface area is 124 Å². The second-order valence-corrected chi connectivity index (χ2v) is 6.02. The molecule has 0 aromatic heterocycles. The van der Waals surface area contributed by atoms with Crippen molar-refractivity contribution in [2.45, 2.75) is 25.9 Å². The molecule has 0 bridgehead atoms. The summed E-state index contributed by atoms with van der Waals surface area (Å²) in [4.78, 5) is 0. The van der Waals surface area contributed by atoms with E-state index in [0.29, 0.717) is 11.8 Å². The van der Waals surface area contributed by atoms with Crippen molar-refractivity contribution in [3.05, 3.63) is 42.0 Å². The SMILES string of the molecule is CC[C@H]1[C@@H](C)[C@@]1(/C=C/c1ccccc1)OCCI. The Morgan fingerprint density at radius 3 is 2.61 bits per heavy atom. The Morgan fingerprint density at radius 1 is 1.33 bits per heavy atom. The average Bonchev–Trinajstić information content (AvgIpc) is 2.99. The standard InChI is InChI=1S/C16H21IO/c1-3-15-13(2)16(15,18-12-11-17)10-9-14-7-5-4-6-8-14/h4-10,13,15H,3,11-12H2,1-2H3/b10-9+/t13-,15+,16-/m1/s1. The van der Waals surface area contributed by atoms with E-state index < -0.39 is 0 Å². The van der Waals surface area contributed by atoms with Crippen LogP contribution in [0, 0.1) is 11.8 Å². The molecule has 3 atom stereocenters. The first kappa shape index (κ1) is 14.1. The van der Waals surface area contributed by atoms with Crippen molar-refractivity contribution >= 4 is 28.7 Å². The van der Waals surface area contributed by atoms with Gasteiger partial charge in [-0.2, -0.15) is 0 Å². The van der Waals surface area contributed by atoms with Crippen LogP contribution in [0.15, 0.2) is 36.4 Å². The minimum atomic E-state index is -0.00420. The zero-order chi connectivity index (χ0) is 13.0. The van der Waals surface area contributed by atoms with Crippen LogP contribution in [0.4, 0.5) is 0 Å². The van der Waals surface area contributed by atoms with Crippen LogP contribution in [-0.4, -0.2) is 16.6 Å². The van der Waals surface area contributed by atoms with Crippen molar-refractivity contribution in [3.8, 4) is 0 Å². The molecule has 0 saturated heterocycles. The zero-order valence-electron chi connectivity index (χ0n) is 11.1. The fraction of sp³-hybridized carbons (Fsp3) is 0.500. The van der Waals surface area contributed by atoms with Crippen LogP contribution in [0.5, 0.6) is 0 Å². The summed E-state index contributed by atoms with van der Waals surface area (Å²) in [6.07, 6.45) is 5.69. The van der Waals surface area contributed by atoms with Crippen molar-refractivity contribution in [1.29, 1.82) is 0 Å². The zero-order valence-corrected chi connectivity index (χ0v) is 13.3. The topological polar surface area (TPSA) is 9.23 Å². The third-order valence-electron chi connectivity index (χ3n) is 3.99. The van der Waals surface area contributed by atoms with Gasteiger partial charge in [0.2, 0.25) is 0 Å². The fourth-order valence-corrected chi connectivity index (χ4v) is 3.11. The van der Waals surface area contributed by atoms with E-state index in [1.807, 2.05) is 6.07 Å². The highest BCUT2D eigenvalue weighted by molar-refractivity contribution is 14.1. The molecule has 1 aliphatic carbocycles. The smallest absolute Gasteiger partial charge is 0.0926 e. The van der Waals surface area contributed by atoms with Crippen LogP contribution in [-0.2, 0) is 4.74 Å². The lowest BCUT2D eigenvalue weighted by Gasteiger charge is -2.14. The van der Waals surface area contributed by atoms with Gasteiger partial charge in [0.05, 0.1) is 12.2 Å². The van der Waals surface area contributed by atoms with Crippen molar-refractivity contribution < 1.29 is 4.74 Å². The van der Waals surface area contributed by atoms with Gasteiger partial charge in [-0.3, -0.25) is 0 Å². The minimum absolute atomic E-state index is 0.00420. The summed E-state index contributed by atoms with van der Waals surface area (Å²) >= 11 is 2.37. The Kier molecular flexibility index (Phi) is 4.84. The Balaban J connectivity index is 2.10. The lowest BCUT2D eigenvalue weighted by atomic mass is 10.1. The first-order chi connectivity index (χ1) is 8.74. The van der Waals surface area contributed by atoms with Gasteiger partial charge in [0.25, 0.3) is 0 Å².